The van der Waals surface area contributed by atoms with E-state index in [0.29, 0.717) is 6.61 Å². The minimum absolute atomic E-state index is 0. The van der Waals surface area contributed by atoms with Crippen molar-refractivity contribution in [2.45, 2.75) is 38.6 Å². The molecule has 3 rings (SSSR count). The molecule has 0 fully saturated rings. The number of aromatic nitrogens is 5. The van der Waals surface area contributed by atoms with E-state index in [9.17, 15) is 0 Å². The Labute approximate surface area is 164 Å². The summed E-state index contributed by atoms with van der Waals surface area (Å²) in [6.45, 7) is 2.80. The van der Waals surface area contributed by atoms with Gasteiger partial charge in [-0.05, 0) is 12.5 Å². The van der Waals surface area contributed by atoms with Gasteiger partial charge < -0.3 is 15.4 Å². The number of nitrogens with one attached hydrogen (secondary N) is 2. The van der Waals surface area contributed by atoms with E-state index in [2.05, 4.69) is 30.8 Å². The van der Waals surface area contributed by atoms with E-state index in [1.165, 1.54) is 0 Å². The Morgan fingerprint density at radius 1 is 1.48 bits per heavy atom. The highest BCUT2D eigenvalue weighted by molar-refractivity contribution is 14.0. The molecule has 0 spiro atoms. The van der Waals surface area contributed by atoms with E-state index in [1.54, 1.807) is 20.4 Å². The van der Waals surface area contributed by atoms with Crippen LogP contribution >= 0.6 is 24.0 Å². The summed E-state index contributed by atoms with van der Waals surface area (Å²) >= 11 is 0. The van der Waals surface area contributed by atoms with E-state index < -0.39 is 0 Å². The molecular weight excluding hydrogens is 435 g/mol. The van der Waals surface area contributed by atoms with Gasteiger partial charge in [0.15, 0.2) is 11.8 Å². The van der Waals surface area contributed by atoms with Gasteiger partial charge in [0, 0.05) is 45.6 Å². The highest BCUT2D eigenvalue weighted by Crippen LogP contribution is 2.13. The van der Waals surface area contributed by atoms with Crippen LogP contribution in [0.3, 0.4) is 0 Å². The molecule has 138 valence electrons. The maximum atomic E-state index is 5.10. The molecule has 0 saturated carbocycles. The minimum atomic E-state index is 0. The van der Waals surface area contributed by atoms with Gasteiger partial charge in [-0.2, -0.15) is 10.2 Å². The normalized spacial score (nSPS) is 16.9. The molecule has 2 aromatic heterocycles. The van der Waals surface area contributed by atoms with Gasteiger partial charge >= 0.3 is 0 Å². The number of methoxy groups -OCH3 is 1. The lowest BCUT2D eigenvalue weighted by atomic mass is 10.1. The van der Waals surface area contributed by atoms with Crippen LogP contribution in [0.4, 0.5) is 0 Å². The van der Waals surface area contributed by atoms with E-state index in [-0.39, 0.29) is 30.0 Å². The summed E-state index contributed by atoms with van der Waals surface area (Å²) < 4.78 is 8.95. The molecule has 0 aliphatic carbocycles. The number of halogens is 1. The summed E-state index contributed by atoms with van der Waals surface area (Å²) in [5.74, 6) is 2.57. The molecule has 1 unspecified atom stereocenters. The fraction of sp³-hybridized carbons (Fsp3) is 0.600. The SMILES string of the molecule is CN=C(NCCn1cccn1)NC1CCc2nc(COC)nn2C1.I. The molecule has 3 heterocycles. The van der Waals surface area contributed by atoms with Crippen molar-refractivity contribution in [3.05, 3.63) is 30.1 Å². The van der Waals surface area contributed by atoms with Crippen molar-refractivity contribution in [1.82, 2.24) is 35.2 Å². The van der Waals surface area contributed by atoms with Crippen molar-refractivity contribution in [3.8, 4) is 0 Å². The average molecular weight is 460 g/mol. The second-order valence-corrected chi connectivity index (χ2v) is 5.71. The number of aliphatic imine (C=N–C) groups is 1. The Morgan fingerprint density at radius 3 is 3.08 bits per heavy atom. The molecule has 2 N–H and O–H groups in total. The minimum Gasteiger partial charge on any atom is -0.377 e. The summed E-state index contributed by atoms with van der Waals surface area (Å²) in [6, 6.07) is 2.20. The molecule has 0 amide bonds. The van der Waals surface area contributed by atoms with E-state index >= 15 is 0 Å². The van der Waals surface area contributed by atoms with Gasteiger partial charge in [0.2, 0.25) is 0 Å². The third-order valence-electron chi connectivity index (χ3n) is 3.93. The van der Waals surface area contributed by atoms with Crippen LogP contribution < -0.4 is 10.6 Å². The van der Waals surface area contributed by atoms with Gasteiger partial charge in [-0.25, -0.2) is 9.67 Å². The molecule has 25 heavy (non-hydrogen) atoms. The zero-order chi connectivity index (χ0) is 16.8. The number of hydrogen-bond donors (Lipinski definition) is 2. The second kappa shape index (κ2) is 9.70. The lowest BCUT2D eigenvalue weighted by Crippen LogP contribution is -2.47. The molecule has 0 aromatic carbocycles. The molecule has 2 aromatic rings. The van der Waals surface area contributed by atoms with Crippen LogP contribution in [-0.2, 0) is 30.9 Å². The fourth-order valence-corrected chi connectivity index (χ4v) is 2.78. The lowest BCUT2D eigenvalue weighted by Gasteiger charge is -2.25. The first-order chi connectivity index (χ1) is 11.8. The topological polar surface area (TPSA) is 94.2 Å². The van der Waals surface area contributed by atoms with Gasteiger partial charge in [-0.3, -0.25) is 9.67 Å². The number of aryl methyl sites for hydroxylation is 1. The Hall–Kier alpha value is -1.69. The predicted molar refractivity (Wildman–Crippen MR) is 105 cm³/mol. The van der Waals surface area contributed by atoms with Gasteiger partial charge in [0.1, 0.15) is 12.4 Å². The largest absolute Gasteiger partial charge is 0.377 e. The summed E-state index contributed by atoms with van der Waals surface area (Å²) in [4.78, 5) is 8.79. The Balaban J connectivity index is 0.00000225. The molecule has 1 aliphatic heterocycles. The first-order valence-electron chi connectivity index (χ1n) is 8.14. The fourth-order valence-electron chi connectivity index (χ4n) is 2.78. The van der Waals surface area contributed by atoms with Gasteiger partial charge in [-0.15, -0.1) is 24.0 Å². The third kappa shape index (κ3) is 5.39. The molecule has 0 bridgehead atoms. The van der Waals surface area contributed by atoms with Crippen LogP contribution in [0.2, 0.25) is 0 Å². The van der Waals surface area contributed by atoms with Crippen molar-refractivity contribution in [1.29, 1.82) is 0 Å². The van der Waals surface area contributed by atoms with Crippen LogP contribution in [0, 0.1) is 0 Å². The van der Waals surface area contributed by atoms with Crippen molar-refractivity contribution in [2.24, 2.45) is 4.99 Å². The van der Waals surface area contributed by atoms with Crippen molar-refractivity contribution >= 4 is 29.9 Å². The number of rotatable bonds is 6. The maximum absolute atomic E-state index is 5.10. The number of guanidine groups is 1. The van der Waals surface area contributed by atoms with Gasteiger partial charge in [0.05, 0.1) is 13.1 Å². The molecule has 0 saturated heterocycles. The number of fused-ring (bicyclic) bond motifs is 1. The maximum Gasteiger partial charge on any atom is 0.191 e. The molecule has 9 nitrogen and oxygen atoms in total. The molecule has 0 radical (unpaired) electrons. The number of nitrogens with zero attached hydrogens (tertiary/aromatic N) is 6. The predicted octanol–water partition coefficient (Wildman–Crippen LogP) is 0.419. The number of ether oxygens (including phenoxy) is 1. The van der Waals surface area contributed by atoms with Crippen LogP contribution in [-0.4, -0.2) is 57.2 Å². The smallest absolute Gasteiger partial charge is 0.191 e. The molecule has 1 aliphatic rings. The third-order valence-corrected chi connectivity index (χ3v) is 3.93. The van der Waals surface area contributed by atoms with E-state index in [4.69, 9.17) is 4.74 Å². The summed E-state index contributed by atoms with van der Waals surface area (Å²) in [5, 5.41) is 15.4. The van der Waals surface area contributed by atoms with Crippen LogP contribution in [0.5, 0.6) is 0 Å². The Bertz CT molecular complexity index is 669. The molecule has 10 heteroatoms. The van der Waals surface area contributed by atoms with Crippen molar-refractivity contribution in [3.63, 3.8) is 0 Å². The standard InChI is InChI=1S/C15H24N8O.HI/c1-16-15(17-7-9-22-8-3-6-18-22)19-12-4-5-14-20-13(11-24-2)21-23(14)10-12;/h3,6,8,12H,4-5,7,9-11H2,1-2H3,(H2,16,17,19);1H. The van der Waals surface area contributed by atoms with Crippen LogP contribution in [0.25, 0.3) is 0 Å². The zero-order valence-electron chi connectivity index (χ0n) is 14.6. The molecular formula is C15H25IN8O. The monoisotopic (exact) mass is 460 g/mol. The first kappa shape index (κ1) is 19.6. The Kier molecular flexibility index (Phi) is 7.62. The summed E-state index contributed by atoms with van der Waals surface area (Å²) in [7, 11) is 3.44. The van der Waals surface area contributed by atoms with Crippen LogP contribution in [0.15, 0.2) is 23.5 Å². The van der Waals surface area contributed by atoms with Gasteiger partial charge in [0.25, 0.3) is 0 Å². The summed E-state index contributed by atoms with van der Waals surface area (Å²) in [5.41, 5.74) is 0. The van der Waals surface area contributed by atoms with Crippen LogP contribution in [0.1, 0.15) is 18.1 Å². The second-order valence-electron chi connectivity index (χ2n) is 5.71. The highest BCUT2D eigenvalue weighted by atomic mass is 127. The van der Waals surface area contributed by atoms with Crippen molar-refractivity contribution < 1.29 is 4.74 Å². The first-order valence-corrected chi connectivity index (χ1v) is 8.14. The quantitative estimate of drug-likeness (QED) is 0.369. The molecule has 1 atom stereocenters. The van der Waals surface area contributed by atoms with Gasteiger partial charge in [-0.1, -0.05) is 0 Å². The highest BCUT2D eigenvalue weighted by Gasteiger charge is 2.22. The Morgan fingerprint density at radius 2 is 2.36 bits per heavy atom. The number of hydrogen-bond acceptors (Lipinski definition) is 5. The van der Waals surface area contributed by atoms with E-state index in [0.717, 1.165) is 50.1 Å². The van der Waals surface area contributed by atoms with E-state index in [1.807, 2.05) is 21.6 Å². The lowest BCUT2D eigenvalue weighted by molar-refractivity contribution is 0.177. The summed E-state index contributed by atoms with van der Waals surface area (Å²) in [6.07, 6.45) is 5.63. The van der Waals surface area contributed by atoms with Crippen molar-refractivity contribution in [2.75, 3.05) is 20.7 Å². The average Bonchev–Trinajstić information content (AvgIpc) is 3.23. The zero-order valence-corrected chi connectivity index (χ0v) is 16.9.